The molecule has 1 fully saturated rings. The Morgan fingerprint density at radius 2 is 2.27 bits per heavy atom. The van der Waals surface area contributed by atoms with Crippen molar-refractivity contribution in [3.8, 4) is 0 Å². The number of aromatic nitrogens is 2. The lowest BCUT2D eigenvalue weighted by molar-refractivity contribution is -0.447. The van der Waals surface area contributed by atoms with Crippen molar-refractivity contribution in [1.82, 2.24) is 9.97 Å². The van der Waals surface area contributed by atoms with Crippen LogP contribution in [0.3, 0.4) is 0 Å². The molecule has 22 heavy (non-hydrogen) atoms. The fourth-order valence-corrected chi connectivity index (χ4v) is 2.66. The number of ether oxygens (including phenoxy) is 1. The first kappa shape index (κ1) is 16.2. The van der Waals surface area contributed by atoms with Gasteiger partial charge in [0.15, 0.2) is 5.82 Å². The molecule has 0 spiro atoms. The molecule has 0 bridgehead atoms. The quantitative estimate of drug-likeness (QED) is 0.394. The van der Waals surface area contributed by atoms with Gasteiger partial charge in [-0.05, 0) is 19.3 Å². The zero-order valence-electron chi connectivity index (χ0n) is 12.9. The molecule has 2 rings (SSSR count). The third kappa shape index (κ3) is 3.93. The predicted octanol–water partition coefficient (Wildman–Crippen LogP) is -1.13. The van der Waals surface area contributed by atoms with Gasteiger partial charge in [0.25, 0.3) is 5.56 Å². The minimum atomic E-state index is -0.185. The molecule has 1 aliphatic heterocycles. The Balaban J connectivity index is 2.03. The molecule has 0 saturated carbocycles. The summed E-state index contributed by atoms with van der Waals surface area (Å²) in [5, 5.41) is 0. The first-order chi connectivity index (χ1) is 10.7. The summed E-state index contributed by atoms with van der Waals surface area (Å²) in [7, 11) is 1.41. The van der Waals surface area contributed by atoms with Gasteiger partial charge in [0.1, 0.15) is 13.3 Å². The molecule has 120 valence electrons. The number of nitrogens with one attached hydrogen (secondary N) is 2. The van der Waals surface area contributed by atoms with Crippen molar-refractivity contribution in [3.63, 3.8) is 0 Å². The summed E-state index contributed by atoms with van der Waals surface area (Å²) in [4.78, 5) is 35.6. The van der Waals surface area contributed by atoms with Crippen molar-refractivity contribution in [2.45, 2.75) is 25.7 Å². The summed E-state index contributed by atoms with van der Waals surface area (Å²) in [5.41, 5.74) is 0.676. The van der Waals surface area contributed by atoms with Gasteiger partial charge in [-0.1, -0.05) is 0 Å². The van der Waals surface area contributed by atoms with Gasteiger partial charge in [0.05, 0.1) is 18.7 Å². The van der Waals surface area contributed by atoms with Gasteiger partial charge in [0.2, 0.25) is 0 Å². The molecular weight excluding hydrogens is 284 g/mol. The molecule has 0 radical (unpaired) electrons. The van der Waals surface area contributed by atoms with E-state index in [2.05, 4.69) is 21.7 Å². The van der Waals surface area contributed by atoms with Gasteiger partial charge in [-0.3, -0.25) is 14.6 Å². The second-order valence-corrected chi connectivity index (χ2v) is 5.43. The maximum absolute atomic E-state index is 12.0. The van der Waals surface area contributed by atoms with Crippen LogP contribution in [0.15, 0.2) is 11.0 Å². The average Bonchev–Trinajstić information content (AvgIpc) is 2.56. The van der Waals surface area contributed by atoms with E-state index in [0.717, 1.165) is 25.1 Å². The normalized spacial score (nSPS) is 15.6. The monoisotopic (exact) mass is 307 g/mol. The Labute approximate surface area is 129 Å². The zero-order valence-corrected chi connectivity index (χ0v) is 12.9. The van der Waals surface area contributed by atoms with Crippen LogP contribution in [0.1, 0.15) is 25.0 Å². The highest BCUT2D eigenvalue weighted by Crippen LogP contribution is 2.21. The maximum Gasteiger partial charge on any atom is 0.308 e. The number of carbonyl (C=O) groups is 1. The zero-order chi connectivity index (χ0) is 15.9. The van der Waals surface area contributed by atoms with E-state index in [9.17, 15) is 9.59 Å². The Morgan fingerprint density at radius 3 is 2.91 bits per heavy atom. The van der Waals surface area contributed by atoms with Crippen LogP contribution in [-0.4, -0.2) is 49.4 Å². The molecule has 1 aromatic heterocycles. The number of hydrogen-bond acceptors (Lipinski definition) is 5. The third-order valence-corrected chi connectivity index (χ3v) is 3.94. The van der Waals surface area contributed by atoms with Crippen LogP contribution in [0.25, 0.3) is 0 Å². The SMILES string of the molecule is C=[NH+]CCCc1c[nH]c(=O)c(N2CCC(C(=O)OC)CC2)n1. The van der Waals surface area contributed by atoms with E-state index in [0.29, 0.717) is 31.7 Å². The molecular formula is C15H23N4O3+. The van der Waals surface area contributed by atoms with E-state index in [1.807, 2.05) is 4.90 Å². The van der Waals surface area contributed by atoms with E-state index in [1.54, 1.807) is 6.20 Å². The molecule has 0 aliphatic carbocycles. The molecule has 2 heterocycles. The van der Waals surface area contributed by atoms with Crippen LogP contribution in [0.5, 0.6) is 0 Å². The number of piperidine rings is 1. The second-order valence-electron chi connectivity index (χ2n) is 5.43. The Kier molecular flexibility index (Phi) is 5.68. The van der Waals surface area contributed by atoms with Gasteiger partial charge >= 0.3 is 5.97 Å². The van der Waals surface area contributed by atoms with E-state index >= 15 is 0 Å². The number of aromatic amines is 1. The van der Waals surface area contributed by atoms with Crippen molar-refractivity contribution < 1.29 is 14.5 Å². The number of rotatable bonds is 6. The van der Waals surface area contributed by atoms with E-state index in [4.69, 9.17) is 4.74 Å². The Bertz CT molecular complexity index is 576. The standard InChI is InChI=1S/C15H22N4O3/c1-16-7-3-4-12-10-17-14(20)13(18-12)19-8-5-11(6-9-19)15(21)22-2/h10-11H,1,3-9H2,2H3,(H,17,20)/p+1. The lowest BCUT2D eigenvalue weighted by atomic mass is 9.97. The number of anilines is 1. The first-order valence-electron chi connectivity index (χ1n) is 7.57. The van der Waals surface area contributed by atoms with Crippen LogP contribution in [0, 0.1) is 5.92 Å². The smallest absolute Gasteiger partial charge is 0.308 e. The highest BCUT2D eigenvalue weighted by molar-refractivity contribution is 5.72. The molecule has 2 N–H and O–H groups in total. The topological polar surface area (TPSA) is 89.3 Å². The van der Waals surface area contributed by atoms with E-state index < -0.39 is 0 Å². The molecule has 1 aromatic rings. The summed E-state index contributed by atoms with van der Waals surface area (Å²) in [6.45, 7) is 5.66. The summed E-state index contributed by atoms with van der Waals surface area (Å²) in [5.74, 6) is 0.200. The molecule has 1 aliphatic rings. The Hall–Kier alpha value is -2.18. The number of aryl methyl sites for hydroxylation is 1. The minimum Gasteiger partial charge on any atom is -0.469 e. The van der Waals surface area contributed by atoms with Crippen molar-refractivity contribution in [2.24, 2.45) is 5.92 Å². The van der Waals surface area contributed by atoms with Crippen molar-refractivity contribution in [2.75, 3.05) is 31.6 Å². The number of nitrogens with zero attached hydrogens (tertiary/aromatic N) is 2. The first-order valence-corrected chi connectivity index (χ1v) is 7.57. The van der Waals surface area contributed by atoms with Gasteiger partial charge in [-0.25, -0.2) is 4.98 Å². The summed E-state index contributed by atoms with van der Waals surface area (Å²) < 4.78 is 4.78. The van der Waals surface area contributed by atoms with Gasteiger partial charge in [-0.15, -0.1) is 0 Å². The molecule has 0 aromatic carbocycles. The third-order valence-electron chi connectivity index (χ3n) is 3.94. The van der Waals surface area contributed by atoms with Crippen LogP contribution in [0.2, 0.25) is 0 Å². The van der Waals surface area contributed by atoms with Crippen molar-refractivity contribution in [3.05, 3.63) is 22.2 Å². The molecule has 0 amide bonds. The fourth-order valence-electron chi connectivity index (χ4n) is 2.66. The summed E-state index contributed by atoms with van der Waals surface area (Å²) >= 11 is 0. The van der Waals surface area contributed by atoms with Gasteiger partial charge in [0, 0.05) is 25.7 Å². The highest BCUT2D eigenvalue weighted by Gasteiger charge is 2.27. The average molecular weight is 307 g/mol. The molecule has 1 saturated heterocycles. The molecule has 0 atom stereocenters. The number of hydrogen-bond donors (Lipinski definition) is 2. The molecule has 7 nitrogen and oxygen atoms in total. The second kappa shape index (κ2) is 7.72. The van der Waals surface area contributed by atoms with Crippen LogP contribution in [-0.2, 0) is 16.0 Å². The number of methoxy groups -OCH3 is 1. The fraction of sp³-hybridized carbons (Fsp3) is 0.600. The maximum atomic E-state index is 12.0. The van der Waals surface area contributed by atoms with Crippen LogP contribution >= 0.6 is 0 Å². The lowest BCUT2D eigenvalue weighted by Crippen LogP contribution is -2.65. The van der Waals surface area contributed by atoms with Gasteiger partial charge in [-0.2, -0.15) is 0 Å². The predicted molar refractivity (Wildman–Crippen MR) is 83.1 cm³/mol. The van der Waals surface area contributed by atoms with Crippen LogP contribution in [0.4, 0.5) is 5.82 Å². The van der Waals surface area contributed by atoms with E-state index in [1.165, 1.54) is 7.11 Å². The largest absolute Gasteiger partial charge is 0.469 e. The van der Waals surface area contributed by atoms with Crippen LogP contribution < -0.4 is 15.5 Å². The van der Waals surface area contributed by atoms with Crippen molar-refractivity contribution >= 4 is 18.5 Å². The number of esters is 1. The molecule has 7 heteroatoms. The lowest BCUT2D eigenvalue weighted by Gasteiger charge is -2.31. The highest BCUT2D eigenvalue weighted by atomic mass is 16.5. The number of H-pyrrole nitrogens is 1. The van der Waals surface area contributed by atoms with Gasteiger partial charge < -0.3 is 14.6 Å². The Morgan fingerprint density at radius 1 is 1.55 bits per heavy atom. The number of carbonyl (C=O) groups excluding carboxylic acids is 1. The summed E-state index contributed by atoms with van der Waals surface area (Å²) in [6.07, 6.45) is 4.72. The van der Waals surface area contributed by atoms with E-state index in [-0.39, 0.29) is 17.4 Å². The minimum absolute atomic E-state index is 0.0772. The van der Waals surface area contributed by atoms with Crippen molar-refractivity contribution in [1.29, 1.82) is 0 Å². The summed E-state index contributed by atoms with van der Waals surface area (Å²) in [6, 6.07) is 0. The molecule has 0 unspecified atom stereocenters.